The quantitative estimate of drug-likeness (QED) is 0.942. The second kappa shape index (κ2) is 6.11. The van der Waals surface area contributed by atoms with Gasteiger partial charge < -0.3 is 15.0 Å². The Bertz CT molecular complexity index is 756. The van der Waals surface area contributed by atoms with Crippen LogP contribution in [-0.2, 0) is 13.0 Å². The summed E-state index contributed by atoms with van der Waals surface area (Å²) in [7, 11) is 1.68. The highest BCUT2D eigenvalue weighted by molar-refractivity contribution is 5.89. The molecule has 1 N–H and O–H groups in total. The Morgan fingerprint density at radius 3 is 2.79 bits per heavy atom. The predicted octanol–water partition coefficient (Wildman–Crippen LogP) is 2.95. The van der Waals surface area contributed by atoms with Crippen LogP contribution in [0.2, 0.25) is 0 Å². The van der Waals surface area contributed by atoms with Gasteiger partial charge in [-0.15, -0.1) is 0 Å². The molecule has 0 unspecified atom stereocenters. The number of anilines is 1. The van der Waals surface area contributed by atoms with Crippen molar-refractivity contribution in [2.75, 3.05) is 19.0 Å². The molecular weight excluding hydrogens is 304 g/mol. The topological polar surface area (TPSA) is 67.3 Å². The summed E-state index contributed by atoms with van der Waals surface area (Å²) in [6, 6.07) is 5.85. The highest BCUT2D eigenvalue weighted by Gasteiger charge is 2.26. The number of carbonyl (C=O) groups excluding carboxylic acids is 1. The predicted molar refractivity (Wildman–Crippen MR) is 90.1 cm³/mol. The van der Waals surface area contributed by atoms with Crippen LogP contribution in [-0.4, -0.2) is 34.6 Å². The molecule has 1 aliphatic heterocycles. The Morgan fingerprint density at radius 1 is 1.29 bits per heavy atom. The van der Waals surface area contributed by atoms with Crippen LogP contribution in [0.4, 0.5) is 10.5 Å². The Balaban J connectivity index is 1.43. The third-order valence-electron chi connectivity index (χ3n) is 4.60. The molecule has 124 valence electrons. The summed E-state index contributed by atoms with van der Waals surface area (Å²) >= 11 is 0. The largest absolute Gasteiger partial charge is 0.496 e. The van der Waals surface area contributed by atoms with Gasteiger partial charge in [-0.2, -0.15) is 0 Å². The van der Waals surface area contributed by atoms with Crippen molar-refractivity contribution in [1.82, 2.24) is 14.9 Å². The van der Waals surface area contributed by atoms with Crippen molar-refractivity contribution in [3.05, 3.63) is 47.5 Å². The smallest absolute Gasteiger partial charge is 0.322 e. The number of hydrogen-bond acceptors (Lipinski definition) is 4. The van der Waals surface area contributed by atoms with E-state index in [4.69, 9.17) is 4.74 Å². The average molecular weight is 324 g/mol. The van der Waals surface area contributed by atoms with Crippen LogP contribution in [0, 0.1) is 0 Å². The average Bonchev–Trinajstić information content (AvgIpc) is 3.46. The van der Waals surface area contributed by atoms with E-state index in [0.717, 1.165) is 23.6 Å². The molecule has 2 aliphatic rings. The molecule has 0 atom stereocenters. The Morgan fingerprint density at radius 2 is 2.08 bits per heavy atom. The first-order valence-electron chi connectivity index (χ1n) is 8.27. The van der Waals surface area contributed by atoms with E-state index in [-0.39, 0.29) is 6.03 Å². The van der Waals surface area contributed by atoms with Gasteiger partial charge in [0.2, 0.25) is 0 Å². The van der Waals surface area contributed by atoms with Crippen LogP contribution in [0.3, 0.4) is 0 Å². The molecule has 0 bridgehead atoms. The van der Waals surface area contributed by atoms with Crippen molar-refractivity contribution in [3.8, 4) is 5.75 Å². The van der Waals surface area contributed by atoms with Crippen LogP contribution < -0.4 is 10.1 Å². The van der Waals surface area contributed by atoms with Gasteiger partial charge in [0.15, 0.2) is 0 Å². The second-order valence-electron chi connectivity index (χ2n) is 6.30. The molecule has 0 radical (unpaired) electrons. The number of methoxy groups -OCH3 is 1. The molecule has 1 fully saturated rings. The number of aromatic nitrogens is 2. The highest BCUT2D eigenvalue weighted by Crippen LogP contribution is 2.37. The van der Waals surface area contributed by atoms with Crippen LogP contribution in [0.1, 0.15) is 35.7 Å². The van der Waals surface area contributed by atoms with Crippen LogP contribution >= 0.6 is 0 Å². The molecule has 0 saturated heterocycles. The number of hydrogen-bond donors (Lipinski definition) is 1. The van der Waals surface area contributed by atoms with Crippen molar-refractivity contribution in [2.24, 2.45) is 0 Å². The summed E-state index contributed by atoms with van der Waals surface area (Å²) in [5.74, 6) is 2.30. The molecule has 4 rings (SSSR count). The summed E-state index contributed by atoms with van der Waals surface area (Å²) in [6.45, 7) is 1.25. The maximum absolute atomic E-state index is 12.5. The fraction of sp³-hybridized carbons (Fsp3) is 0.389. The molecule has 6 heteroatoms. The number of amides is 2. The zero-order valence-corrected chi connectivity index (χ0v) is 13.7. The standard InChI is InChI=1S/C18H20N4O2/c1-24-16-4-2-3-13-11-22(8-7-15(13)16)18(23)21-14-9-19-17(20-10-14)12-5-6-12/h2-4,9-10,12H,5-8,11H2,1H3,(H,21,23). The number of nitrogens with one attached hydrogen (secondary N) is 1. The zero-order chi connectivity index (χ0) is 16.5. The number of ether oxygens (including phenoxy) is 1. The van der Waals surface area contributed by atoms with E-state index in [0.29, 0.717) is 24.7 Å². The van der Waals surface area contributed by atoms with E-state index in [9.17, 15) is 4.79 Å². The molecule has 24 heavy (non-hydrogen) atoms. The van der Waals surface area contributed by atoms with Gasteiger partial charge >= 0.3 is 6.03 Å². The number of nitrogens with zero attached hydrogens (tertiary/aromatic N) is 3. The van der Waals surface area contributed by atoms with Crippen molar-refractivity contribution in [1.29, 1.82) is 0 Å². The first kappa shape index (κ1) is 14.9. The summed E-state index contributed by atoms with van der Waals surface area (Å²) in [4.78, 5) is 23.0. The van der Waals surface area contributed by atoms with Gasteiger partial charge in [0.1, 0.15) is 11.6 Å². The minimum atomic E-state index is -0.119. The number of benzene rings is 1. The lowest BCUT2D eigenvalue weighted by molar-refractivity contribution is 0.206. The summed E-state index contributed by atoms with van der Waals surface area (Å²) in [5.41, 5.74) is 2.97. The lowest BCUT2D eigenvalue weighted by Gasteiger charge is -2.29. The third-order valence-corrected chi connectivity index (χ3v) is 4.60. The van der Waals surface area contributed by atoms with Crippen molar-refractivity contribution in [3.63, 3.8) is 0 Å². The first-order chi connectivity index (χ1) is 11.7. The number of rotatable bonds is 3. The molecule has 6 nitrogen and oxygen atoms in total. The fourth-order valence-electron chi connectivity index (χ4n) is 3.10. The molecule has 2 amide bonds. The molecular formula is C18H20N4O2. The number of carbonyl (C=O) groups is 1. The monoisotopic (exact) mass is 324 g/mol. The maximum atomic E-state index is 12.5. The zero-order valence-electron chi connectivity index (χ0n) is 13.7. The Kier molecular flexibility index (Phi) is 3.80. The summed E-state index contributed by atoms with van der Waals surface area (Å²) in [5, 5.41) is 2.89. The molecule has 1 aromatic heterocycles. The van der Waals surface area contributed by atoms with E-state index < -0.39 is 0 Å². The van der Waals surface area contributed by atoms with Crippen molar-refractivity contribution in [2.45, 2.75) is 31.7 Å². The van der Waals surface area contributed by atoms with Gasteiger partial charge in [0.25, 0.3) is 0 Å². The third kappa shape index (κ3) is 2.91. The Labute approximate surface area is 140 Å². The van der Waals surface area contributed by atoms with Crippen molar-refractivity contribution >= 4 is 11.7 Å². The Hall–Kier alpha value is -2.63. The molecule has 2 aromatic rings. The normalized spacial score (nSPS) is 16.5. The molecule has 1 saturated carbocycles. The van der Waals surface area contributed by atoms with E-state index in [1.807, 2.05) is 18.2 Å². The van der Waals surface area contributed by atoms with Gasteiger partial charge in [0, 0.05) is 24.6 Å². The van der Waals surface area contributed by atoms with E-state index in [2.05, 4.69) is 15.3 Å². The van der Waals surface area contributed by atoms with Gasteiger partial charge in [0.05, 0.1) is 25.2 Å². The first-order valence-corrected chi connectivity index (χ1v) is 8.27. The van der Waals surface area contributed by atoms with Crippen molar-refractivity contribution < 1.29 is 9.53 Å². The van der Waals surface area contributed by atoms with E-state index >= 15 is 0 Å². The summed E-state index contributed by atoms with van der Waals surface area (Å²) in [6.07, 6.45) is 6.52. The highest BCUT2D eigenvalue weighted by atomic mass is 16.5. The van der Waals surface area contributed by atoms with Gasteiger partial charge in [-0.05, 0) is 30.9 Å². The second-order valence-corrected chi connectivity index (χ2v) is 6.30. The van der Waals surface area contributed by atoms with E-state index in [1.165, 1.54) is 18.4 Å². The van der Waals surface area contributed by atoms with Gasteiger partial charge in [-0.3, -0.25) is 0 Å². The van der Waals surface area contributed by atoms with Crippen LogP contribution in [0.5, 0.6) is 5.75 Å². The number of urea groups is 1. The van der Waals surface area contributed by atoms with Gasteiger partial charge in [-0.1, -0.05) is 12.1 Å². The molecule has 1 aliphatic carbocycles. The van der Waals surface area contributed by atoms with Crippen LogP contribution in [0.15, 0.2) is 30.6 Å². The van der Waals surface area contributed by atoms with Crippen LogP contribution in [0.25, 0.3) is 0 Å². The van der Waals surface area contributed by atoms with Gasteiger partial charge in [-0.25, -0.2) is 14.8 Å². The lowest BCUT2D eigenvalue weighted by atomic mass is 9.99. The minimum absolute atomic E-state index is 0.119. The number of fused-ring (bicyclic) bond motifs is 1. The lowest BCUT2D eigenvalue weighted by Crippen LogP contribution is -2.39. The SMILES string of the molecule is COc1cccc2c1CCN(C(=O)Nc1cnc(C3CC3)nc1)C2. The minimum Gasteiger partial charge on any atom is -0.496 e. The molecule has 2 heterocycles. The molecule has 0 spiro atoms. The maximum Gasteiger partial charge on any atom is 0.322 e. The molecule has 1 aromatic carbocycles. The summed E-state index contributed by atoms with van der Waals surface area (Å²) < 4.78 is 5.40. The van der Waals surface area contributed by atoms with E-state index in [1.54, 1.807) is 24.4 Å². The fourth-order valence-corrected chi connectivity index (χ4v) is 3.10.